The molecule has 2 aromatic carbocycles. The van der Waals surface area contributed by atoms with Crippen LogP contribution in [0.3, 0.4) is 0 Å². The average molecular weight is 344 g/mol. The fraction of sp³-hybridized carbons (Fsp3) is 0.263. The zero-order valence-corrected chi connectivity index (χ0v) is 14.3. The van der Waals surface area contributed by atoms with E-state index < -0.39 is 0 Å². The van der Waals surface area contributed by atoms with Gasteiger partial charge in [-0.25, -0.2) is 4.39 Å². The Hall–Kier alpha value is -2.89. The third kappa shape index (κ3) is 5.60. The van der Waals surface area contributed by atoms with Gasteiger partial charge in [0.2, 0.25) is 11.8 Å². The number of amides is 2. The summed E-state index contributed by atoms with van der Waals surface area (Å²) in [5.41, 5.74) is 1.90. The largest absolute Gasteiger partial charge is 0.495 e. The number of hydrogen-bond acceptors (Lipinski definition) is 3. The Balaban J connectivity index is 1.91. The molecule has 2 aromatic rings. The normalized spacial score (nSPS) is 10.2. The smallest absolute Gasteiger partial charge is 0.221 e. The van der Waals surface area contributed by atoms with Gasteiger partial charge in [-0.3, -0.25) is 9.59 Å². The van der Waals surface area contributed by atoms with Crippen molar-refractivity contribution in [3.05, 3.63) is 59.4 Å². The SMILES string of the molecule is COc1ccc(CNC(=O)CCc2ccccc2F)cc1NC(C)=O. The molecule has 0 aliphatic carbocycles. The Morgan fingerprint density at radius 2 is 1.92 bits per heavy atom. The summed E-state index contributed by atoms with van der Waals surface area (Å²) < 4.78 is 18.7. The summed E-state index contributed by atoms with van der Waals surface area (Å²) in [6.45, 7) is 1.73. The number of ether oxygens (including phenoxy) is 1. The number of methoxy groups -OCH3 is 1. The minimum atomic E-state index is -0.301. The fourth-order valence-electron chi connectivity index (χ4n) is 2.39. The van der Waals surface area contributed by atoms with Crippen LogP contribution in [-0.2, 0) is 22.6 Å². The molecule has 0 saturated carbocycles. The lowest BCUT2D eigenvalue weighted by atomic mass is 10.1. The molecule has 0 heterocycles. The third-order valence-electron chi connectivity index (χ3n) is 3.64. The molecule has 2 N–H and O–H groups in total. The number of carbonyl (C=O) groups is 2. The fourth-order valence-corrected chi connectivity index (χ4v) is 2.39. The van der Waals surface area contributed by atoms with E-state index in [9.17, 15) is 14.0 Å². The highest BCUT2D eigenvalue weighted by Gasteiger charge is 2.08. The van der Waals surface area contributed by atoms with Crippen molar-refractivity contribution >= 4 is 17.5 Å². The molecule has 2 rings (SSSR count). The summed E-state index contributed by atoms with van der Waals surface area (Å²) >= 11 is 0. The number of rotatable bonds is 7. The van der Waals surface area contributed by atoms with Crippen molar-refractivity contribution in [3.8, 4) is 5.75 Å². The molecule has 0 atom stereocenters. The molecule has 6 heteroatoms. The first-order valence-corrected chi connectivity index (χ1v) is 7.94. The Labute approximate surface area is 146 Å². The van der Waals surface area contributed by atoms with Gasteiger partial charge in [-0.05, 0) is 35.7 Å². The number of aryl methyl sites for hydroxylation is 1. The molecule has 0 bridgehead atoms. The maximum Gasteiger partial charge on any atom is 0.221 e. The van der Waals surface area contributed by atoms with Gasteiger partial charge in [0.1, 0.15) is 11.6 Å². The second-order valence-corrected chi connectivity index (χ2v) is 5.58. The van der Waals surface area contributed by atoms with E-state index in [1.54, 1.807) is 36.4 Å². The van der Waals surface area contributed by atoms with Gasteiger partial charge in [0.05, 0.1) is 12.8 Å². The molecule has 0 aliphatic heterocycles. The van der Waals surface area contributed by atoms with E-state index in [1.807, 2.05) is 0 Å². The first kappa shape index (κ1) is 18.4. The second kappa shape index (κ2) is 8.82. The van der Waals surface area contributed by atoms with E-state index in [0.717, 1.165) is 5.56 Å². The van der Waals surface area contributed by atoms with Crippen molar-refractivity contribution in [3.63, 3.8) is 0 Å². The van der Waals surface area contributed by atoms with Crippen molar-refractivity contribution in [2.45, 2.75) is 26.3 Å². The number of benzene rings is 2. The molecule has 0 saturated heterocycles. The maximum atomic E-state index is 13.5. The van der Waals surface area contributed by atoms with Crippen LogP contribution in [-0.4, -0.2) is 18.9 Å². The van der Waals surface area contributed by atoms with Crippen molar-refractivity contribution < 1.29 is 18.7 Å². The lowest BCUT2D eigenvalue weighted by Gasteiger charge is -2.12. The monoisotopic (exact) mass is 344 g/mol. The topological polar surface area (TPSA) is 67.4 Å². The highest BCUT2D eigenvalue weighted by molar-refractivity contribution is 5.90. The number of nitrogens with one attached hydrogen (secondary N) is 2. The first-order chi connectivity index (χ1) is 12.0. The maximum absolute atomic E-state index is 13.5. The van der Waals surface area contributed by atoms with Gasteiger partial charge in [0.25, 0.3) is 0 Å². The lowest BCUT2D eigenvalue weighted by molar-refractivity contribution is -0.121. The Kier molecular flexibility index (Phi) is 6.51. The highest BCUT2D eigenvalue weighted by Crippen LogP contribution is 2.25. The summed E-state index contributed by atoms with van der Waals surface area (Å²) in [4.78, 5) is 23.2. The summed E-state index contributed by atoms with van der Waals surface area (Å²) in [5.74, 6) is -0.125. The van der Waals surface area contributed by atoms with Crippen LogP contribution >= 0.6 is 0 Å². The standard InChI is InChI=1S/C19H21FN2O3/c1-13(23)22-17-11-14(7-9-18(17)25-2)12-21-19(24)10-8-15-5-3-4-6-16(15)20/h3-7,9,11H,8,10,12H2,1-2H3,(H,21,24)(H,22,23). The van der Waals surface area contributed by atoms with Gasteiger partial charge in [-0.1, -0.05) is 24.3 Å². The van der Waals surface area contributed by atoms with E-state index in [-0.39, 0.29) is 24.1 Å². The predicted molar refractivity (Wildman–Crippen MR) is 93.9 cm³/mol. The van der Waals surface area contributed by atoms with Gasteiger partial charge < -0.3 is 15.4 Å². The summed E-state index contributed by atoms with van der Waals surface area (Å²) in [5, 5.41) is 5.48. The zero-order valence-electron chi connectivity index (χ0n) is 14.3. The van der Waals surface area contributed by atoms with Crippen LogP contribution in [0.4, 0.5) is 10.1 Å². The van der Waals surface area contributed by atoms with Crippen LogP contribution in [0.2, 0.25) is 0 Å². The van der Waals surface area contributed by atoms with Crippen LogP contribution in [0.5, 0.6) is 5.75 Å². The zero-order chi connectivity index (χ0) is 18.2. The van der Waals surface area contributed by atoms with Crippen molar-refractivity contribution in [2.75, 3.05) is 12.4 Å². The summed E-state index contributed by atoms with van der Waals surface area (Å²) in [7, 11) is 1.52. The minimum absolute atomic E-state index is 0.167. The van der Waals surface area contributed by atoms with Gasteiger partial charge in [-0.2, -0.15) is 0 Å². The lowest BCUT2D eigenvalue weighted by Crippen LogP contribution is -2.23. The predicted octanol–water partition coefficient (Wildman–Crippen LogP) is 3.04. The van der Waals surface area contributed by atoms with E-state index in [2.05, 4.69) is 10.6 Å². The molecule has 0 unspecified atom stereocenters. The molecule has 5 nitrogen and oxygen atoms in total. The van der Waals surface area contributed by atoms with E-state index in [0.29, 0.717) is 30.0 Å². The number of halogens is 1. The quantitative estimate of drug-likeness (QED) is 0.811. The molecular weight excluding hydrogens is 323 g/mol. The molecule has 0 aromatic heterocycles. The van der Waals surface area contributed by atoms with Gasteiger partial charge in [0, 0.05) is 19.9 Å². The Bertz CT molecular complexity index is 762. The first-order valence-electron chi connectivity index (χ1n) is 7.94. The molecule has 0 aliphatic rings. The summed E-state index contributed by atoms with van der Waals surface area (Å²) in [6, 6.07) is 11.7. The number of carbonyl (C=O) groups excluding carboxylic acids is 2. The van der Waals surface area contributed by atoms with E-state index >= 15 is 0 Å². The van der Waals surface area contributed by atoms with Crippen molar-refractivity contribution in [2.24, 2.45) is 0 Å². The van der Waals surface area contributed by atoms with E-state index in [4.69, 9.17) is 4.74 Å². The molecule has 132 valence electrons. The van der Waals surface area contributed by atoms with Crippen LogP contribution < -0.4 is 15.4 Å². The average Bonchev–Trinajstić information content (AvgIpc) is 2.59. The van der Waals surface area contributed by atoms with Crippen LogP contribution in [0.25, 0.3) is 0 Å². The van der Waals surface area contributed by atoms with Crippen LogP contribution in [0.1, 0.15) is 24.5 Å². The van der Waals surface area contributed by atoms with Gasteiger partial charge in [0.15, 0.2) is 0 Å². The molecule has 0 radical (unpaired) electrons. The van der Waals surface area contributed by atoms with E-state index in [1.165, 1.54) is 20.1 Å². The van der Waals surface area contributed by atoms with Gasteiger partial charge >= 0.3 is 0 Å². The minimum Gasteiger partial charge on any atom is -0.495 e. The van der Waals surface area contributed by atoms with Gasteiger partial charge in [-0.15, -0.1) is 0 Å². The number of hydrogen-bond donors (Lipinski definition) is 2. The Morgan fingerprint density at radius 1 is 1.16 bits per heavy atom. The molecule has 25 heavy (non-hydrogen) atoms. The molecule has 0 fully saturated rings. The molecular formula is C19H21FN2O3. The van der Waals surface area contributed by atoms with Crippen LogP contribution in [0.15, 0.2) is 42.5 Å². The second-order valence-electron chi connectivity index (χ2n) is 5.58. The van der Waals surface area contributed by atoms with Crippen molar-refractivity contribution in [1.82, 2.24) is 5.32 Å². The third-order valence-corrected chi connectivity index (χ3v) is 3.64. The van der Waals surface area contributed by atoms with Crippen molar-refractivity contribution in [1.29, 1.82) is 0 Å². The Morgan fingerprint density at radius 3 is 2.60 bits per heavy atom. The highest BCUT2D eigenvalue weighted by atomic mass is 19.1. The summed E-state index contributed by atoms with van der Waals surface area (Å²) in [6.07, 6.45) is 0.550. The van der Waals surface area contributed by atoms with Crippen LogP contribution in [0, 0.1) is 5.82 Å². The number of anilines is 1. The molecule has 0 spiro atoms. The molecule has 2 amide bonds.